The SMILES string of the molecule is CCC1(COc2ccc(Oc3ccc(Oc4ccc(OCC5(CC)COC5)c(OCC5(CC)COC5)c4)c(OCC4(CC)COC4)c3)c(OCC3(CC)COC3)c2)COC1. The van der Waals surface area contributed by atoms with E-state index in [1.807, 2.05) is 54.6 Å². The zero-order valence-corrected chi connectivity index (χ0v) is 36.2. The molecule has 5 saturated heterocycles. The van der Waals surface area contributed by atoms with Gasteiger partial charge >= 0.3 is 0 Å². The van der Waals surface area contributed by atoms with E-state index in [9.17, 15) is 0 Å². The molecule has 0 radical (unpaired) electrons. The van der Waals surface area contributed by atoms with Crippen molar-refractivity contribution in [3.63, 3.8) is 0 Å². The van der Waals surface area contributed by atoms with Gasteiger partial charge in [-0.2, -0.15) is 0 Å². The van der Waals surface area contributed by atoms with E-state index in [-0.39, 0.29) is 27.1 Å². The third-order valence-corrected chi connectivity index (χ3v) is 13.7. The highest BCUT2D eigenvalue weighted by Gasteiger charge is 2.41. The summed E-state index contributed by atoms with van der Waals surface area (Å²) in [5.41, 5.74) is -0.0277. The van der Waals surface area contributed by atoms with E-state index in [0.29, 0.717) is 145 Å². The second-order valence-corrected chi connectivity index (χ2v) is 18.2. The molecular formula is C48H64O12. The maximum Gasteiger partial charge on any atom is 0.169 e. The van der Waals surface area contributed by atoms with Gasteiger partial charge < -0.3 is 56.8 Å². The Labute approximate surface area is 355 Å². The van der Waals surface area contributed by atoms with Crippen molar-refractivity contribution in [1.29, 1.82) is 0 Å². The van der Waals surface area contributed by atoms with E-state index in [2.05, 4.69) is 34.6 Å². The van der Waals surface area contributed by atoms with Gasteiger partial charge in [-0.05, 0) is 68.5 Å². The van der Waals surface area contributed by atoms with Crippen LogP contribution < -0.4 is 33.2 Å². The normalized spacial score (nSPS) is 21.1. The number of ether oxygens (including phenoxy) is 12. The molecule has 8 rings (SSSR count). The second kappa shape index (κ2) is 18.2. The largest absolute Gasteiger partial charge is 0.493 e. The molecule has 0 amide bonds. The summed E-state index contributed by atoms with van der Waals surface area (Å²) in [6.45, 7) is 20.3. The van der Waals surface area contributed by atoms with E-state index in [1.165, 1.54) is 0 Å². The van der Waals surface area contributed by atoms with Crippen LogP contribution in [0.5, 0.6) is 51.7 Å². The van der Waals surface area contributed by atoms with Crippen molar-refractivity contribution in [2.45, 2.75) is 66.7 Å². The van der Waals surface area contributed by atoms with Crippen molar-refractivity contribution < 1.29 is 56.8 Å². The highest BCUT2D eigenvalue weighted by molar-refractivity contribution is 5.53. The summed E-state index contributed by atoms with van der Waals surface area (Å²) in [5, 5.41) is 0. The number of hydrogen-bond acceptors (Lipinski definition) is 12. The van der Waals surface area contributed by atoms with Crippen LogP contribution in [0, 0.1) is 27.1 Å². The van der Waals surface area contributed by atoms with Gasteiger partial charge in [-0.1, -0.05) is 34.6 Å². The number of benzene rings is 3. The first-order valence-corrected chi connectivity index (χ1v) is 22.0. The number of rotatable bonds is 24. The van der Waals surface area contributed by atoms with Crippen molar-refractivity contribution in [2.75, 3.05) is 99.1 Å². The molecule has 0 atom stereocenters. The minimum Gasteiger partial charge on any atom is -0.493 e. The molecule has 12 nitrogen and oxygen atoms in total. The molecule has 0 spiro atoms. The highest BCUT2D eigenvalue weighted by atomic mass is 16.6. The molecule has 5 aliphatic heterocycles. The standard InChI is InChI=1S/C48H64O12/c1-6-44(20-49-21-44)30-54-35-11-15-39(42(17-35)57-33-47(9-4)26-52-27-47)60-37-13-16-40(43(19-37)58-34-48(10-5)28-53-29-48)59-36-12-14-38(55-31-45(7-2)22-50-23-45)41(18-36)56-32-46(8-3)24-51-25-46/h11-19H,6-10,20-34H2,1-5H3. The first kappa shape index (κ1) is 42.7. The lowest BCUT2D eigenvalue weighted by atomic mass is 9.84. The average molecular weight is 833 g/mol. The molecule has 0 saturated carbocycles. The minimum absolute atomic E-state index is 0.0114. The third kappa shape index (κ3) is 9.28. The van der Waals surface area contributed by atoms with Crippen molar-refractivity contribution in [2.24, 2.45) is 27.1 Å². The molecule has 5 fully saturated rings. The van der Waals surface area contributed by atoms with Crippen molar-refractivity contribution in [3.05, 3.63) is 54.6 Å². The summed E-state index contributed by atoms with van der Waals surface area (Å²) in [6, 6.07) is 17.1. The van der Waals surface area contributed by atoms with E-state index in [4.69, 9.17) is 56.8 Å². The molecule has 328 valence electrons. The lowest BCUT2D eigenvalue weighted by molar-refractivity contribution is -0.136. The van der Waals surface area contributed by atoms with Gasteiger partial charge in [0.25, 0.3) is 0 Å². The zero-order valence-electron chi connectivity index (χ0n) is 36.2. The molecule has 5 aliphatic rings. The topological polar surface area (TPSA) is 111 Å². The van der Waals surface area contributed by atoms with Crippen LogP contribution in [0.15, 0.2) is 54.6 Å². The quantitative estimate of drug-likeness (QED) is 0.0858. The third-order valence-electron chi connectivity index (χ3n) is 13.7. The van der Waals surface area contributed by atoms with Crippen LogP contribution >= 0.6 is 0 Å². The van der Waals surface area contributed by atoms with Crippen LogP contribution in [0.4, 0.5) is 0 Å². The van der Waals surface area contributed by atoms with Crippen molar-refractivity contribution in [3.8, 4) is 51.7 Å². The molecule has 0 bridgehead atoms. The fraction of sp³-hybridized carbons (Fsp3) is 0.625. The Morgan fingerprint density at radius 1 is 0.333 bits per heavy atom. The van der Waals surface area contributed by atoms with Gasteiger partial charge in [-0.15, -0.1) is 0 Å². The fourth-order valence-electron chi connectivity index (χ4n) is 7.62. The first-order valence-electron chi connectivity index (χ1n) is 22.0. The van der Waals surface area contributed by atoms with Gasteiger partial charge in [0.1, 0.15) is 17.2 Å². The lowest BCUT2D eigenvalue weighted by Gasteiger charge is -2.41. The van der Waals surface area contributed by atoms with Gasteiger partial charge in [0.15, 0.2) is 34.5 Å². The van der Waals surface area contributed by atoms with Crippen molar-refractivity contribution >= 4 is 0 Å². The predicted octanol–water partition coefficient (Wildman–Crippen LogP) is 9.30. The Morgan fingerprint density at radius 2 is 0.600 bits per heavy atom. The van der Waals surface area contributed by atoms with Gasteiger partial charge in [0.2, 0.25) is 0 Å². The molecular weight excluding hydrogens is 769 g/mol. The van der Waals surface area contributed by atoms with E-state index < -0.39 is 0 Å². The molecule has 0 unspecified atom stereocenters. The summed E-state index contributed by atoms with van der Waals surface area (Å²) >= 11 is 0. The van der Waals surface area contributed by atoms with E-state index in [1.54, 1.807) is 0 Å². The molecule has 0 N–H and O–H groups in total. The Morgan fingerprint density at radius 3 is 0.917 bits per heavy atom. The Balaban J connectivity index is 1.04. The predicted molar refractivity (Wildman–Crippen MR) is 225 cm³/mol. The number of hydrogen-bond donors (Lipinski definition) is 0. The van der Waals surface area contributed by atoms with Crippen LogP contribution in [0.2, 0.25) is 0 Å². The summed E-state index contributed by atoms with van der Waals surface area (Å²) in [4.78, 5) is 0. The summed E-state index contributed by atoms with van der Waals surface area (Å²) in [6.07, 6.45) is 4.83. The van der Waals surface area contributed by atoms with Crippen LogP contribution in [0.1, 0.15) is 66.7 Å². The van der Waals surface area contributed by atoms with Crippen LogP contribution in [0.3, 0.4) is 0 Å². The van der Waals surface area contributed by atoms with Crippen molar-refractivity contribution in [1.82, 2.24) is 0 Å². The maximum absolute atomic E-state index is 6.63. The monoisotopic (exact) mass is 832 g/mol. The van der Waals surface area contributed by atoms with Crippen LogP contribution in [0.25, 0.3) is 0 Å². The molecule has 60 heavy (non-hydrogen) atoms. The van der Waals surface area contributed by atoms with E-state index >= 15 is 0 Å². The average Bonchev–Trinajstić information content (AvgIpc) is 3.19. The Bertz CT molecular complexity index is 1860. The van der Waals surface area contributed by atoms with Gasteiger partial charge in [0, 0.05) is 18.2 Å². The molecule has 3 aromatic carbocycles. The molecule has 12 heteroatoms. The molecule has 0 aromatic heterocycles. The summed E-state index contributed by atoms with van der Waals surface area (Å²) in [7, 11) is 0. The summed E-state index contributed by atoms with van der Waals surface area (Å²) in [5.74, 6) is 5.46. The highest BCUT2D eigenvalue weighted by Crippen LogP contribution is 2.45. The zero-order chi connectivity index (χ0) is 41.7. The summed E-state index contributed by atoms with van der Waals surface area (Å²) < 4.78 is 73.5. The first-order chi connectivity index (χ1) is 29.2. The molecule has 5 heterocycles. The van der Waals surface area contributed by atoms with Gasteiger partial charge in [-0.25, -0.2) is 0 Å². The maximum atomic E-state index is 6.63. The van der Waals surface area contributed by atoms with E-state index in [0.717, 1.165) is 37.9 Å². The second-order valence-electron chi connectivity index (χ2n) is 18.2. The fourth-order valence-corrected chi connectivity index (χ4v) is 7.62. The van der Waals surface area contributed by atoms with Crippen LogP contribution in [-0.2, 0) is 23.7 Å². The van der Waals surface area contributed by atoms with Gasteiger partial charge in [-0.3, -0.25) is 0 Å². The van der Waals surface area contributed by atoms with Gasteiger partial charge in [0.05, 0.1) is 126 Å². The smallest absolute Gasteiger partial charge is 0.169 e. The molecule has 0 aliphatic carbocycles. The molecule has 3 aromatic rings. The lowest BCUT2D eigenvalue weighted by Crippen LogP contribution is -2.47. The minimum atomic E-state index is -0.0603. The van der Waals surface area contributed by atoms with Crippen LogP contribution in [-0.4, -0.2) is 99.1 Å². The Hall–Kier alpha value is -3.94. The Kier molecular flexibility index (Phi) is 13.0.